The maximum absolute atomic E-state index is 13.1. The Balaban J connectivity index is 1.40. The van der Waals surface area contributed by atoms with Gasteiger partial charge in [-0.1, -0.05) is 42.5 Å². The summed E-state index contributed by atoms with van der Waals surface area (Å²) < 4.78 is 2.32. The van der Waals surface area contributed by atoms with Crippen molar-refractivity contribution in [2.24, 2.45) is 0 Å². The van der Waals surface area contributed by atoms with E-state index in [9.17, 15) is 4.79 Å². The molecule has 1 fully saturated rings. The second-order valence-corrected chi connectivity index (χ2v) is 9.60. The molecule has 0 spiro atoms. The van der Waals surface area contributed by atoms with Crippen LogP contribution in [-0.2, 0) is 11.3 Å². The van der Waals surface area contributed by atoms with Crippen molar-refractivity contribution in [3.8, 4) is 0 Å². The Bertz CT molecular complexity index is 1410. The fourth-order valence-corrected chi connectivity index (χ4v) is 5.70. The quantitative estimate of drug-likeness (QED) is 0.322. The largest absolute Gasteiger partial charge is 0.352 e. The molecule has 3 heterocycles. The Morgan fingerprint density at radius 3 is 2.61 bits per heavy atom. The van der Waals surface area contributed by atoms with Crippen LogP contribution < -0.4 is 10.6 Å². The summed E-state index contributed by atoms with van der Waals surface area (Å²) >= 11 is 5.80. The molecule has 1 aliphatic heterocycles. The zero-order valence-corrected chi connectivity index (χ0v) is 21.7. The van der Waals surface area contributed by atoms with E-state index in [4.69, 9.17) is 12.2 Å². The number of carbonyl (C=O) groups is 1. The number of fused-ring (bicyclic) bond motifs is 1. The molecular formula is C29H31N5OS. The van der Waals surface area contributed by atoms with E-state index in [0.717, 1.165) is 28.7 Å². The van der Waals surface area contributed by atoms with Crippen LogP contribution in [0.25, 0.3) is 10.8 Å². The molecule has 2 N–H and O–H groups in total. The van der Waals surface area contributed by atoms with Crippen LogP contribution in [0, 0.1) is 13.8 Å². The van der Waals surface area contributed by atoms with Gasteiger partial charge < -0.3 is 20.1 Å². The first-order chi connectivity index (χ1) is 17.5. The number of rotatable bonds is 7. The number of hydrogen-bond acceptors (Lipinski definition) is 3. The number of amides is 1. The van der Waals surface area contributed by atoms with Gasteiger partial charge >= 0.3 is 0 Å². The molecule has 6 nitrogen and oxygen atoms in total. The number of aromatic nitrogens is 2. The van der Waals surface area contributed by atoms with Gasteiger partial charge in [0, 0.05) is 48.2 Å². The predicted molar refractivity (Wildman–Crippen MR) is 149 cm³/mol. The van der Waals surface area contributed by atoms with Crippen LogP contribution in [0.1, 0.15) is 48.1 Å². The summed E-state index contributed by atoms with van der Waals surface area (Å²) in [6.45, 7) is 7.87. The fourth-order valence-electron chi connectivity index (χ4n) is 5.37. The van der Waals surface area contributed by atoms with Gasteiger partial charge in [-0.3, -0.25) is 9.78 Å². The van der Waals surface area contributed by atoms with E-state index in [1.54, 1.807) is 0 Å². The molecule has 2 aromatic carbocycles. The maximum Gasteiger partial charge on any atom is 0.226 e. The molecule has 1 amide bonds. The highest BCUT2D eigenvalue weighted by Crippen LogP contribution is 2.40. The zero-order chi connectivity index (χ0) is 25.2. The van der Waals surface area contributed by atoms with Crippen molar-refractivity contribution in [2.75, 3.05) is 11.9 Å². The molecule has 2 atom stereocenters. The number of nitrogens with zero attached hydrogens (tertiary/aromatic N) is 3. The summed E-state index contributed by atoms with van der Waals surface area (Å²) in [5, 5.41) is 9.39. The highest BCUT2D eigenvalue weighted by atomic mass is 32.1. The maximum atomic E-state index is 13.1. The Morgan fingerprint density at radius 1 is 1.08 bits per heavy atom. The predicted octanol–water partition coefficient (Wildman–Crippen LogP) is 5.67. The second-order valence-electron chi connectivity index (χ2n) is 9.22. The summed E-state index contributed by atoms with van der Waals surface area (Å²) in [5.74, 6) is -0.0341. The Morgan fingerprint density at radius 2 is 1.86 bits per heavy atom. The zero-order valence-electron chi connectivity index (χ0n) is 20.9. The lowest BCUT2D eigenvalue weighted by molar-refractivity contribution is -0.116. The molecule has 7 heteroatoms. The van der Waals surface area contributed by atoms with Crippen LogP contribution in [0.4, 0.5) is 5.69 Å². The van der Waals surface area contributed by atoms with E-state index in [-0.39, 0.29) is 18.0 Å². The SMILES string of the molecule is CCn1c(C)cc([C@H]2[C@H](c3ccccn3)NC(=S)N2CCC(=O)Nc2cccc3ccccc23)c1C. The average molecular weight is 498 g/mol. The van der Waals surface area contributed by atoms with Crippen molar-refractivity contribution in [1.82, 2.24) is 19.8 Å². The molecule has 0 saturated carbocycles. The molecule has 1 aliphatic rings. The van der Waals surface area contributed by atoms with Crippen molar-refractivity contribution < 1.29 is 4.79 Å². The standard InChI is InChI=1S/C29H31N5OS/c1-4-33-19(2)18-23(20(33)3)28-27(25-13-7-8-16-30-25)32-29(36)34(28)17-15-26(35)31-24-14-9-11-21-10-5-6-12-22(21)24/h5-14,16,18,27-28H,4,15,17H2,1-3H3,(H,31,35)(H,32,36)/t27-,28-/m0/s1. The fraction of sp³-hybridized carbons (Fsp3) is 0.276. The highest BCUT2D eigenvalue weighted by molar-refractivity contribution is 7.80. The molecule has 0 radical (unpaired) electrons. The molecule has 4 aromatic rings. The third-order valence-electron chi connectivity index (χ3n) is 7.09. The summed E-state index contributed by atoms with van der Waals surface area (Å²) in [6.07, 6.45) is 2.13. The Kier molecular flexibility index (Phi) is 6.74. The molecule has 0 unspecified atom stereocenters. The number of aryl methyl sites for hydroxylation is 1. The number of anilines is 1. The first-order valence-corrected chi connectivity index (χ1v) is 12.8. The van der Waals surface area contributed by atoms with Gasteiger partial charge in [-0.15, -0.1) is 0 Å². The van der Waals surface area contributed by atoms with E-state index in [1.807, 2.05) is 54.7 Å². The van der Waals surface area contributed by atoms with Gasteiger partial charge in [-0.2, -0.15) is 0 Å². The van der Waals surface area contributed by atoms with Crippen LogP contribution >= 0.6 is 12.2 Å². The monoisotopic (exact) mass is 497 g/mol. The molecule has 36 heavy (non-hydrogen) atoms. The number of benzene rings is 2. The third-order valence-corrected chi connectivity index (χ3v) is 7.44. The van der Waals surface area contributed by atoms with Gasteiger partial charge in [0.05, 0.1) is 17.8 Å². The van der Waals surface area contributed by atoms with Crippen molar-refractivity contribution in [2.45, 2.75) is 45.8 Å². The highest BCUT2D eigenvalue weighted by Gasteiger charge is 2.41. The number of carbonyl (C=O) groups excluding carboxylic acids is 1. The van der Waals surface area contributed by atoms with Gasteiger partial charge in [-0.05, 0) is 68.2 Å². The first-order valence-electron chi connectivity index (χ1n) is 12.4. The van der Waals surface area contributed by atoms with Crippen LogP contribution in [-0.4, -0.2) is 32.0 Å². The number of pyridine rings is 1. The van der Waals surface area contributed by atoms with Crippen molar-refractivity contribution >= 4 is 39.7 Å². The lowest BCUT2D eigenvalue weighted by Crippen LogP contribution is -2.33. The number of nitrogens with one attached hydrogen (secondary N) is 2. The van der Waals surface area contributed by atoms with Gasteiger partial charge in [-0.25, -0.2) is 0 Å². The topological polar surface area (TPSA) is 62.2 Å². The minimum Gasteiger partial charge on any atom is -0.352 e. The molecule has 2 aromatic heterocycles. The van der Waals surface area contributed by atoms with Gasteiger partial charge in [0.25, 0.3) is 0 Å². The number of thiocarbonyl (C=S) groups is 1. The van der Waals surface area contributed by atoms with Crippen LogP contribution in [0.2, 0.25) is 0 Å². The molecule has 0 aliphatic carbocycles. The molecule has 184 valence electrons. The first kappa shape index (κ1) is 24.0. The van der Waals surface area contributed by atoms with Crippen LogP contribution in [0.15, 0.2) is 72.9 Å². The van der Waals surface area contributed by atoms with E-state index >= 15 is 0 Å². The lowest BCUT2D eigenvalue weighted by atomic mass is 9.96. The summed E-state index contributed by atoms with van der Waals surface area (Å²) in [6, 6.07) is 22.1. The summed E-state index contributed by atoms with van der Waals surface area (Å²) in [4.78, 5) is 19.8. The third kappa shape index (κ3) is 4.46. The lowest BCUT2D eigenvalue weighted by Gasteiger charge is -2.28. The summed E-state index contributed by atoms with van der Waals surface area (Å²) in [5.41, 5.74) is 5.42. The Labute approximate surface area is 217 Å². The normalized spacial score (nSPS) is 17.4. The molecule has 1 saturated heterocycles. The smallest absolute Gasteiger partial charge is 0.226 e. The Hall–Kier alpha value is -3.71. The number of hydrogen-bond donors (Lipinski definition) is 2. The minimum absolute atomic E-state index is 0.0341. The van der Waals surface area contributed by atoms with Gasteiger partial charge in [0.2, 0.25) is 5.91 Å². The molecule has 5 rings (SSSR count). The second kappa shape index (κ2) is 10.1. The van der Waals surface area contributed by atoms with Crippen molar-refractivity contribution in [3.63, 3.8) is 0 Å². The van der Waals surface area contributed by atoms with E-state index < -0.39 is 0 Å². The average Bonchev–Trinajstić information content (AvgIpc) is 3.37. The molecule has 0 bridgehead atoms. The van der Waals surface area contributed by atoms with Gasteiger partial charge in [0.15, 0.2) is 5.11 Å². The van der Waals surface area contributed by atoms with Crippen molar-refractivity contribution in [1.29, 1.82) is 0 Å². The minimum atomic E-state index is -0.0920. The summed E-state index contributed by atoms with van der Waals surface area (Å²) in [7, 11) is 0. The molecular weight excluding hydrogens is 466 g/mol. The van der Waals surface area contributed by atoms with Crippen LogP contribution in [0.3, 0.4) is 0 Å². The van der Waals surface area contributed by atoms with E-state index in [0.29, 0.717) is 18.1 Å². The van der Waals surface area contributed by atoms with Crippen LogP contribution in [0.5, 0.6) is 0 Å². The van der Waals surface area contributed by atoms with E-state index in [2.05, 4.69) is 64.1 Å². The van der Waals surface area contributed by atoms with Gasteiger partial charge in [0.1, 0.15) is 0 Å². The van der Waals surface area contributed by atoms with Crippen molar-refractivity contribution in [3.05, 3.63) is 95.6 Å². The van der Waals surface area contributed by atoms with E-state index in [1.165, 1.54) is 17.0 Å².